The second-order valence-corrected chi connectivity index (χ2v) is 9.83. The first kappa shape index (κ1) is 20.8. The summed E-state index contributed by atoms with van der Waals surface area (Å²) >= 11 is 2.87. The van der Waals surface area contributed by atoms with Crippen LogP contribution in [-0.2, 0) is 11.2 Å². The smallest absolute Gasteiger partial charge is 0.272 e. The van der Waals surface area contributed by atoms with Crippen molar-refractivity contribution in [3.05, 3.63) is 75.7 Å². The molecule has 2 aromatic carbocycles. The van der Waals surface area contributed by atoms with Gasteiger partial charge in [0.05, 0.1) is 22.0 Å². The van der Waals surface area contributed by atoms with E-state index in [0.717, 1.165) is 39.5 Å². The van der Waals surface area contributed by atoms with Crippen molar-refractivity contribution in [3.8, 4) is 5.69 Å². The lowest BCUT2D eigenvalue weighted by Crippen LogP contribution is -2.24. The van der Waals surface area contributed by atoms with E-state index in [1.165, 1.54) is 11.8 Å². The number of carbonyl (C=O) groups is 1. The molecule has 0 radical (unpaired) electrons. The molecule has 0 fully saturated rings. The Kier molecular flexibility index (Phi) is 6.01. The van der Waals surface area contributed by atoms with Gasteiger partial charge in [0.2, 0.25) is 5.91 Å². The Morgan fingerprint density at radius 3 is 2.77 bits per heavy atom. The van der Waals surface area contributed by atoms with Gasteiger partial charge in [0.1, 0.15) is 0 Å². The number of nitrogens with zero attached hydrogens (tertiary/aromatic N) is 2. The van der Waals surface area contributed by atoms with Crippen molar-refractivity contribution in [1.82, 2.24) is 9.55 Å². The number of aryl methyl sites for hydroxylation is 2. The van der Waals surface area contributed by atoms with Gasteiger partial charge in [-0.25, -0.2) is 4.98 Å². The maximum absolute atomic E-state index is 13.2. The molecule has 7 heteroatoms. The van der Waals surface area contributed by atoms with Crippen LogP contribution in [0.25, 0.3) is 5.69 Å². The van der Waals surface area contributed by atoms with Crippen molar-refractivity contribution < 1.29 is 4.79 Å². The predicted octanol–water partition coefficient (Wildman–Crippen LogP) is 4.62. The summed E-state index contributed by atoms with van der Waals surface area (Å²) in [6.45, 7) is 6.06. The van der Waals surface area contributed by atoms with Crippen molar-refractivity contribution in [1.29, 1.82) is 0 Å². The molecule has 0 saturated carbocycles. The quantitative estimate of drug-likeness (QED) is 0.466. The normalized spacial score (nSPS) is 15.1. The van der Waals surface area contributed by atoms with Crippen LogP contribution in [0.3, 0.4) is 0 Å². The van der Waals surface area contributed by atoms with E-state index in [0.29, 0.717) is 10.4 Å². The van der Waals surface area contributed by atoms with Gasteiger partial charge < -0.3 is 5.32 Å². The lowest BCUT2D eigenvalue weighted by Gasteiger charge is -2.14. The number of amides is 1. The second kappa shape index (κ2) is 8.70. The van der Waals surface area contributed by atoms with Crippen LogP contribution in [0.15, 0.2) is 63.4 Å². The summed E-state index contributed by atoms with van der Waals surface area (Å²) in [4.78, 5) is 31.3. The van der Waals surface area contributed by atoms with Gasteiger partial charge in [-0.1, -0.05) is 49.0 Å². The summed E-state index contributed by atoms with van der Waals surface area (Å²) in [5, 5.41) is 3.86. The highest BCUT2D eigenvalue weighted by Gasteiger charge is 2.27. The van der Waals surface area contributed by atoms with E-state index in [1.54, 1.807) is 16.3 Å². The zero-order valence-electron chi connectivity index (χ0n) is 17.1. The lowest BCUT2D eigenvalue weighted by atomic mass is 10.1. The molecule has 30 heavy (non-hydrogen) atoms. The van der Waals surface area contributed by atoms with Crippen LogP contribution in [0.5, 0.6) is 0 Å². The van der Waals surface area contributed by atoms with E-state index >= 15 is 0 Å². The monoisotopic (exact) mass is 437 g/mol. The predicted molar refractivity (Wildman–Crippen MR) is 124 cm³/mol. The molecule has 0 spiro atoms. The first-order valence-corrected chi connectivity index (χ1v) is 11.7. The molecule has 1 aliphatic heterocycles. The van der Waals surface area contributed by atoms with E-state index in [4.69, 9.17) is 4.98 Å². The van der Waals surface area contributed by atoms with Gasteiger partial charge in [-0.3, -0.25) is 14.2 Å². The molecule has 4 rings (SSSR count). The number of fused-ring (bicyclic) bond motifs is 1. The van der Waals surface area contributed by atoms with Crippen LogP contribution in [-0.4, -0.2) is 26.5 Å². The highest BCUT2D eigenvalue weighted by atomic mass is 32.2. The van der Waals surface area contributed by atoms with Gasteiger partial charge in [-0.2, -0.15) is 0 Å². The SMILES string of the molecule is Cc1ccc(C)c(NC(=O)CSc2nc3c(c(=O)n2-c2ccccc2)SC(C)C3)c1. The molecule has 5 nitrogen and oxygen atoms in total. The van der Waals surface area contributed by atoms with Gasteiger partial charge in [0, 0.05) is 17.4 Å². The van der Waals surface area contributed by atoms with Gasteiger partial charge in [-0.05, 0) is 43.2 Å². The van der Waals surface area contributed by atoms with Crippen molar-refractivity contribution >= 4 is 35.1 Å². The molecule has 1 unspecified atom stereocenters. The number of hydrogen-bond acceptors (Lipinski definition) is 5. The fourth-order valence-corrected chi connectivity index (χ4v) is 5.31. The molecule has 1 atom stereocenters. The van der Waals surface area contributed by atoms with E-state index in [2.05, 4.69) is 12.2 Å². The zero-order valence-corrected chi connectivity index (χ0v) is 18.8. The molecule has 2 heterocycles. The number of thioether (sulfide) groups is 2. The average Bonchev–Trinajstić information content (AvgIpc) is 3.10. The van der Waals surface area contributed by atoms with Crippen LogP contribution in [0.4, 0.5) is 5.69 Å². The fraction of sp³-hybridized carbons (Fsp3) is 0.261. The van der Waals surface area contributed by atoms with Crippen molar-refractivity contribution in [2.24, 2.45) is 0 Å². The molecular formula is C23H23N3O2S2. The fourth-order valence-electron chi connectivity index (χ4n) is 3.39. The average molecular weight is 438 g/mol. The number of aromatic nitrogens is 2. The molecule has 3 aromatic rings. The molecule has 1 aliphatic rings. The van der Waals surface area contributed by atoms with E-state index in [1.807, 2.05) is 62.4 Å². The number of anilines is 1. The van der Waals surface area contributed by atoms with E-state index in [-0.39, 0.29) is 17.2 Å². The molecule has 0 bridgehead atoms. The maximum atomic E-state index is 13.2. The minimum atomic E-state index is -0.120. The standard InChI is InChI=1S/C23H23N3O2S2/c1-14-9-10-15(2)18(11-14)24-20(27)13-29-23-25-19-12-16(3)30-21(19)22(28)26(23)17-7-5-4-6-8-17/h4-11,16H,12-13H2,1-3H3,(H,24,27). The van der Waals surface area contributed by atoms with Crippen LogP contribution in [0, 0.1) is 13.8 Å². The molecule has 0 saturated heterocycles. The number of nitrogens with one attached hydrogen (secondary N) is 1. The van der Waals surface area contributed by atoms with Crippen LogP contribution in [0.2, 0.25) is 0 Å². The molecule has 0 aliphatic carbocycles. The van der Waals surface area contributed by atoms with E-state index < -0.39 is 0 Å². The summed E-state index contributed by atoms with van der Waals surface area (Å²) in [6, 6.07) is 15.5. The number of benzene rings is 2. The number of rotatable bonds is 5. The van der Waals surface area contributed by atoms with Gasteiger partial charge >= 0.3 is 0 Å². The number of hydrogen-bond donors (Lipinski definition) is 1. The van der Waals surface area contributed by atoms with Gasteiger partial charge in [0.25, 0.3) is 5.56 Å². The topological polar surface area (TPSA) is 64.0 Å². The lowest BCUT2D eigenvalue weighted by molar-refractivity contribution is -0.113. The zero-order chi connectivity index (χ0) is 21.3. The largest absolute Gasteiger partial charge is 0.325 e. The molecule has 1 amide bonds. The highest BCUT2D eigenvalue weighted by molar-refractivity contribution is 8.00. The third-order valence-electron chi connectivity index (χ3n) is 4.90. The third kappa shape index (κ3) is 4.32. The molecule has 1 aromatic heterocycles. The number of carbonyl (C=O) groups excluding carboxylic acids is 1. The Balaban J connectivity index is 1.61. The second-order valence-electron chi connectivity index (χ2n) is 7.43. The maximum Gasteiger partial charge on any atom is 0.272 e. The van der Waals surface area contributed by atoms with Crippen molar-refractivity contribution in [3.63, 3.8) is 0 Å². The first-order valence-electron chi connectivity index (χ1n) is 9.80. The Morgan fingerprint density at radius 2 is 2.00 bits per heavy atom. The Morgan fingerprint density at radius 1 is 1.23 bits per heavy atom. The van der Waals surface area contributed by atoms with Gasteiger partial charge in [0.15, 0.2) is 5.16 Å². The third-order valence-corrected chi connectivity index (χ3v) is 7.05. The Labute approximate surface area is 184 Å². The van der Waals surface area contributed by atoms with Gasteiger partial charge in [-0.15, -0.1) is 11.8 Å². The highest BCUT2D eigenvalue weighted by Crippen LogP contribution is 2.34. The summed E-state index contributed by atoms with van der Waals surface area (Å²) in [5.41, 5.74) is 4.46. The summed E-state index contributed by atoms with van der Waals surface area (Å²) in [7, 11) is 0. The van der Waals surface area contributed by atoms with Crippen molar-refractivity contribution in [2.45, 2.75) is 42.5 Å². The summed E-state index contributed by atoms with van der Waals surface area (Å²) in [5.74, 6) is 0.0551. The van der Waals surface area contributed by atoms with Crippen LogP contribution >= 0.6 is 23.5 Å². The van der Waals surface area contributed by atoms with Crippen LogP contribution < -0.4 is 10.9 Å². The molecule has 154 valence electrons. The minimum absolute atomic E-state index is 0.0574. The minimum Gasteiger partial charge on any atom is -0.325 e. The molecule has 1 N–H and O–H groups in total. The Hall–Kier alpha value is -2.51. The number of para-hydroxylation sites is 1. The van der Waals surface area contributed by atoms with E-state index in [9.17, 15) is 9.59 Å². The van der Waals surface area contributed by atoms with Crippen LogP contribution in [0.1, 0.15) is 23.7 Å². The first-order chi connectivity index (χ1) is 14.4. The van der Waals surface area contributed by atoms with Crippen molar-refractivity contribution in [2.75, 3.05) is 11.1 Å². The summed E-state index contributed by atoms with van der Waals surface area (Å²) < 4.78 is 1.62. The molecular weight excluding hydrogens is 414 g/mol. The summed E-state index contributed by atoms with van der Waals surface area (Å²) in [6.07, 6.45) is 0.771. The Bertz CT molecular complexity index is 1160.